The summed E-state index contributed by atoms with van der Waals surface area (Å²) in [6.07, 6.45) is 11.6. The van der Waals surface area contributed by atoms with Crippen molar-refractivity contribution in [3.05, 3.63) is 36.5 Å². The van der Waals surface area contributed by atoms with Gasteiger partial charge in [0.2, 0.25) is 5.91 Å². The van der Waals surface area contributed by atoms with Crippen LogP contribution in [0, 0.1) is 0 Å². The van der Waals surface area contributed by atoms with E-state index < -0.39 is 0 Å². The molecule has 0 N–H and O–H groups in total. The predicted octanol–water partition coefficient (Wildman–Crippen LogP) is 3.71. The Bertz CT molecular complexity index is 289. The van der Waals surface area contributed by atoms with Crippen LogP contribution in [-0.2, 0) is 4.79 Å². The normalized spacial score (nSPS) is 11.8. The van der Waals surface area contributed by atoms with Gasteiger partial charge in [0.25, 0.3) is 0 Å². The monoisotopic (exact) mass is 235 g/mol. The molecule has 0 unspecified atom stereocenters. The number of hydrogen-bond donors (Lipinski definition) is 0. The lowest BCUT2D eigenvalue weighted by Gasteiger charge is -2.19. The molecular formula is C15H25NO. The maximum atomic E-state index is 11.3. The van der Waals surface area contributed by atoms with Crippen LogP contribution < -0.4 is 0 Å². The molecule has 0 heterocycles. The van der Waals surface area contributed by atoms with Gasteiger partial charge < -0.3 is 4.90 Å². The summed E-state index contributed by atoms with van der Waals surface area (Å²) in [6, 6.07) is 0. The van der Waals surface area contributed by atoms with Crippen molar-refractivity contribution in [2.45, 2.75) is 40.0 Å². The van der Waals surface area contributed by atoms with Crippen molar-refractivity contribution >= 4 is 5.91 Å². The molecule has 0 saturated carbocycles. The first kappa shape index (κ1) is 15.7. The predicted molar refractivity (Wildman–Crippen MR) is 74.9 cm³/mol. The molecule has 0 atom stereocenters. The van der Waals surface area contributed by atoms with Crippen LogP contribution >= 0.6 is 0 Å². The van der Waals surface area contributed by atoms with Crippen molar-refractivity contribution in [3.8, 4) is 0 Å². The summed E-state index contributed by atoms with van der Waals surface area (Å²) in [5.41, 5.74) is 1.24. The summed E-state index contributed by atoms with van der Waals surface area (Å²) in [4.78, 5) is 13.1. The van der Waals surface area contributed by atoms with E-state index in [2.05, 4.69) is 38.7 Å². The van der Waals surface area contributed by atoms with Crippen molar-refractivity contribution in [3.63, 3.8) is 0 Å². The second kappa shape index (κ2) is 9.88. The number of allylic oxidation sites excluding steroid dienone is 3. The van der Waals surface area contributed by atoms with Gasteiger partial charge in [-0.15, -0.1) is 6.58 Å². The van der Waals surface area contributed by atoms with Gasteiger partial charge >= 0.3 is 0 Å². The summed E-state index contributed by atoms with van der Waals surface area (Å²) in [5, 5.41) is 0. The lowest BCUT2D eigenvalue weighted by molar-refractivity contribution is -0.127. The third kappa shape index (κ3) is 8.49. The van der Waals surface area contributed by atoms with Crippen LogP contribution in [0.15, 0.2) is 36.5 Å². The highest BCUT2D eigenvalue weighted by Gasteiger charge is 2.06. The van der Waals surface area contributed by atoms with Crippen LogP contribution in [0.25, 0.3) is 0 Å². The highest BCUT2D eigenvalue weighted by atomic mass is 16.2. The highest BCUT2D eigenvalue weighted by molar-refractivity contribution is 5.73. The standard InChI is InChI=1S/C15H25NO/c1-5-7-8-9-10-11-14(3)13-16(12-6-2)15(4)17/h6-8,11H,2,5,9-10,12-13H2,1,3-4H3/b8-7-,14-11+. The first-order chi connectivity index (χ1) is 8.11. The van der Waals surface area contributed by atoms with E-state index in [9.17, 15) is 4.79 Å². The number of hydrogen-bond acceptors (Lipinski definition) is 1. The minimum atomic E-state index is 0.100. The Hall–Kier alpha value is -1.31. The van der Waals surface area contributed by atoms with Crippen molar-refractivity contribution < 1.29 is 4.79 Å². The van der Waals surface area contributed by atoms with E-state index in [1.165, 1.54) is 5.57 Å². The number of carbonyl (C=O) groups excluding carboxylic acids is 1. The molecule has 0 aliphatic carbocycles. The van der Waals surface area contributed by atoms with Gasteiger partial charge in [-0.05, 0) is 26.2 Å². The molecule has 0 rings (SSSR count). The molecule has 17 heavy (non-hydrogen) atoms. The average Bonchev–Trinajstić information content (AvgIpc) is 2.28. The largest absolute Gasteiger partial charge is 0.335 e. The van der Waals surface area contributed by atoms with Gasteiger partial charge in [0.1, 0.15) is 0 Å². The summed E-state index contributed by atoms with van der Waals surface area (Å²) < 4.78 is 0. The van der Waals surface area contributed by atoms with E-state index in [4.69, 9.17) is 0 Å². The molecule has 0 fully saturated rings. The summed E-state index contributed by atoms with van der Waals surface area (Å²) in [6.45, 7) is 10.8. The third-order valence-corrected chi connectivity index (χ3v) is 2.46. The number of nitrogens with zero attached hydrogens (tertiary/aromatic N) is 1. The van der Waals surface area contributed by atoms with Gasteiger partial charge in [-0.3, -0.25) is 4.79 Å². The summed E-state index contributed by atoms with van der Waals surface area (Å²) in [5.74, 6) is 0.100. The first-order valence-electron chi connectivity index (χ1n) is 6.28. The molecule has 0 spiro atoms. The van der Waals surface area contributed by atoms with Crippen molar-refractivity contribution in [2.75, 3.05) is 13.1 Å². The van der Waals surface area contributed by atoms with E-state index in [1.54, 1.807) is 17.9 Å². The lowest BCUT2D eigenvalue weighted by Crippen LogP contribution is -2.30. The van der Waals surface area contributed by atoms with E-state index in [1.807, 2.05) is 0 Å². The van der Waals surface area contributed by atoms with Gasteiger partial charge in [-0.1, -0.05) is 36.8 Å². The van der Waals surface area contributed by atoms with Crippen LogP contribution in [0.4, 0.5) is 0 Å². The van der Waals surface area contributed by atoms with Crippen LogP contribution in [0.5, 0.6) is 0 Å². The third-order valence-electron chi connectivity index (χ3n) is 2.46. The SMILES string of the molecule is C=CCN(C/C(C)=C/CC/C=C\CC)C(C)=O. The molecule has 0 aromatic rings. The maximum Gasteiger partial charge on any atom is 0.220 e. The summed E-state index contributed by atoms with van der Waals surface area (Å²) >= 11 is 0. The lowest BCUT2D eigenvalue weighted by atomic mass is 10.2. The molecule has 0 aromatic carbocycles. The number of amides is 1. The van der Waals surface area contributed by atoms with Crippen LogP contribution in [0.2, 0.25) is 0 Å². The van der Waals surface area contributed by atoms with E-state index in [0.29, 0.717) is 13.1 Å². The molecular weight excluding hydrogens is 210 g/mol. The van der Waals surface area contributed by atoms with E-state index >= 15 is 0 Å². The van der Waals surface area contributed by atoms with Gasteiger partial charge in [0.15, 0.2) is 0 Å². The Morgan fingerprint density at radius 3 is 2.47 bits per heavy atom. The van der Waals surface area contributed by atoms with E-state index in [-0.39, 0.29) is 5.91 Å². The Morgan fingerprint density at radius 2 is 1.94 bits per heavy atom. The molecule has 0 aliphatic heterocycles. The topological polar surface area (TPSA) is 20.3 Å². The van der Waals surface area contributed by atoms with Gasteiger partial charge in [0, 0.05) is 20.0 Å². The Labute approximate surface area is 106 Å². The fourth-order valence-corrected chi connectivity index (χ4v) is 1.54. The Morgan fingerprint density at radius 1 is 1.24 bits per heavy atom. The molecule has 0 aliphatic rings. The van der Waals surface area contributed by atoms with Crippen molar-refractivity contribution in [2.24, 2.45) is 0 Å². The van der Waals surface area contributed by atoms with Gasteiger partial charge in [0.05, 0.1) is 0 Å². The molecule has 2 heteroatoms. The molecule has 0 bridgehead atoms. The van der Waals surface area contributed by atoms with Crippen LogP contribution in [-0.4, -0.2) is 23.9 Å². The van der Waals surface area contributed by atoms with Crippen molar-refractivity contribution in [1.82, 2.24) is 4.90 Å². The average molecular weight is 235 g/mol. The minimum Gasteiger partial charge on any atom is -0.335 e. The minimum absolute atomic E-state index is 0.100. The van der Waals surface area contributed by atoms with E-state index in [0.717, 1.165) is 19.3 Å². The molecule has 1 amide bonds. The molecule has 2 nitrogen and oxygen atoms in total. The van der Waals surface area contributed by atoms with Crippen LogP contribution in [0.3, 0.4) is 0 Å². The van der Waals surface area contributed by atoms with Gasteiger partial charge in [-0.25, -0.2) is 0 Å². The number of rotatable bonds is 8. The number of carbonyl (C=O) groups is 1. The second-order valence-corrected chi connectivity index (χ2v) is 4.20. The molecule has 0 aromatic heterocycles. The van der Waals surface area contributed by atoms with Crippen LogP contribution in [0.1, 0.15) is 40.0 Å². The first-order valence-corrected chi connectivity index (χ1v) is 6.28. The van der Waals surface area contributed by atoms with Crippen molar-refractivity contribution in [1.29, 1.82) is 0 Å². The zero-order valence-corrected chi connectivity index (χ0v) is 11.4. The Balaban J connectivity index is 4.06. The number of unbranched alkanes of at least 4 members (excludes halogenated alkanes) is 1. The quantitative estimate of drug-likeness (QED) is 0.464. The fraction of sp³-hybridized carbons (Fsp3) is 0.533. The molecule has 96 valence electrons. The zero-order valence-electron chi connectivity index (χ0n) is 11.4. The fourth-order valence-electron chi connectivity index (χ4n) is 1.54. The van der Waals surface area contributed by atoms with Gasteiger partial charge in [-0.2, -0.15) is 0 Å². The molecule has 0 saturated heterocycles. The highest BCUT2D eigenvalue weighted by Crippen LogP contribution is 2.03. The Kier molecular flexibility index (Phi) is 9.12. The smallest absolute Gasteiger partial charge is 0.220 e. The zero-order chi connectivity index (χ0) is 13.1. The second-order valence-electron chi connectivity index (χ2n) is 4.20. The molecule has 0 radical (unpaired) electrons. The summed E-state index contributed by atoms with van der Waals surface area (Å²) in [7, 11) is 0. The maximum absolute atomic E-state index is 11.3.